The summed E-state index contributed by atoms with van der Waals surface area (Å²) in [5, 5.41) is 6.62. The van der Waals surface area contributed by atoms with Gasteiger partial charge < -0.3 is 15.0 Å². The van der Waals surface area contributed by atoms with Gasteiger partial charge in [-0.25, -0.2) is 0 Å². The van der Waals surface area contributed by atoms with Gasteiger partial charge >= 0.3 is 6.18 Å². The van der Waals surface area contributed by atoms with E-state index < -0.39 is 23.7 Å². The number of ether oxygens (including phenoxy) is 1. The summed E-state index contributed by atoms with van der Waals surface area (Å²) < 4.78 is 46.0. The standard InChI is InChI=1S/C17H19F3N4O2/c1-12(24-6-2-5-21-24)16(25)22-14-11-13(17(18,19)20)3-4-15(14)23-7-9-26-10-8-23/h2-6,11-12H,7-10H2,1H3,(H,22,25). The number of carbonyl (C=O) groups is 1. The minimum absolute atomic E-state index is 0.130. The van der Waals surface area contributed by atoms with Crippen molar-refractivity contribution >= 4 is 17.3 Å². The molecule has 1 aliphatic rings. The predicted molar refractivity (Wildman–Crippen MR) is 90.0 cm³/mol. The average molecular weight is 368 g/mol. The number of anilines is 2. The first-order chi connectivity index (χ1) is 12.4. The van der Waals surface area contributed by atoms with E-state index in [1.807, 2.05) is 4.90 Å². The summed E-state index contributed by atoms with van der Waals surface area (Å²) >= 11 is 0. The number of halogens is 3. The maximum atomic E-state index is 13.1. The van der Waals surface area contributed by atoms with Gasteiger partial charge in [-0.05, 0) is 31.2 Å². The topological polar surface area (TPSA) is 59.4 Å². The molecule has 0 bridgehead atoms. The fraction of sp³-hybridized carbons (Fsp3) is 0.412. The van der Waals surface area contributed by atoms with Crippen molar-refractivity contribution in [2.75, 3.05) is 36.5 Å². The molecule has 0 aliphatic carbocycles. The number of rotatable bonds is 4. The van der Waals surface area contributed by atoms with Crippen LogP contribution in [0.1, 0.15) is 18.5 Å². The van der Waals surface area contributed by atoms with Gasteiger partial charge in [0.15, 0.2) is 0 Å². The van der Waals surface area contributed by atoms with E-state index in [0.717, 1.165) is 12.1 Å². The molecule has 1 saturated heterocycles. The van der Waals surface area contributed by atoms with Crippen molar-refractivity contribution in [3.05, 3.63) is 42.2 Å². The molecule has 1 aromatic heterocycles. The molecule has 0 radical (unpaired) electrons. The van der Waals surface area contributed by atoms with E-state index in [2.05, 4.69) is 10.4 Å². The Balaban J connectivity index is 1.89. The Kier molecular flexibility index (Phi) is 5.17. The highest BCUT2D eigenvalue weighted by Crippen LogP contribution is 2.36. The molecule has 1 atom stereocenters. The molecule has 9 heteroatoms. The number of alkyl halides is 3. The predicted octanol–water partition coefficient (Wildman–Crippen LogP) is 2.94. The maximum absolute atomic E-state index is 13.1. The second-order valence-electron chi connectivity index (χ2n) is 5.98. The van der Waals surface area contributed by atoms with Gasteiger partial charge in [0.2, 0.25) is 5.91 Å². The van der Waals surface area contributed by atoms with E-state index in [1.165, 1.54) is 16.9 Å². The molecule has 1 fully saturated rings. The number of nitrogens with zero attached hydrogens (tertiary/aromatic N) is 3. The first-order valence-electron chi connectivity index (χ1n) is 8.20. The number of hydrogen-bond acceptors (Lipinski definition) is 4. The Hall–Kier alpha value is -2.55. The lowest BCUT2D eigenvalue weighted by molar-refractivity contribution is -0.137. The third-order valence-corrected chi connectivity index (χ3v) is 4.23. The molecule has 140 valence electrons. The Morgan fingerprint density at radius 1 is 1.31 bits per heavy atom. The lowest BCUT2D eigenvalue weighted by atomic mass is 10.1. The molecule has 1 unspecified atom stereocenters. The molecule has 0 saturated carbocycles. The lowest BCUT2D eigenvalue weighted by Crippen LogP contribution is -2.37. The second-order valence-corrected chi connectivity index (χ2v) is 5.98. The number of hydrogen-bond donors (Lipinski definition) is 1. The van der Waals surface area contributed by atoms with Crippen molar-refractivity contribution in [2.45, 2.75) is 19.1 Å². The van der Waals surface area contributed by atoms with Gasteiger partial charge in [0, 0.05) is 25.5 Å². The van der Waals surface area contributed by atoms with Crippen molar-refractivity contribution in [3.8, 4) is 0 Å². The molecule has 1 aliphatic heterocycles. The van der Waals surface area contributed by atoms with E-state index >= 15 is 0 Å². The number of morpholine rings is 1. The summed E-state index contributed by atoms with van der Waals surface area (Å²) in [6, 6.07) is 4.41. The van der Waals surface area contributed by atoms with Gasteiger partial charge in [-0.15, -0.1) is 0 Å². The third kappa shape index (κ3) is 3.98. The highest BCUT2D eigenvalue weighted by Gasteiger charge is 2.32. The largest absolute Gasteiger partial charge is 0.416 e. The van der Waals surface area contributed by atoms with Gasteiger partial charge in [-0.1, -0.05) is 0 Å². The minimum atomic E-state index is -4.49. The van der Waals surface area contributed by atoms with Crippen LogP contribution in [-0.2, 0) is 15.7 Å². The molecule has 1 amide bonds. The first kappa shape index (κ1) is 18.2. The third-order valence-electron chi connectivity index (χ3n) is 4.23. The van der Waals surface area contributed by atoms with Crippen LogP contribution in [0, 0.1) is 0 Å². The molecule has 6 nitrogen and oxygen atoms in total. The zero-order valence-corrected chi connectivity index (χ0v) is 14.2. The van der Waals surface area contributed by atoms with Crippen molar-refractivity contribution in [1.29, 1.82) is 0 Å². The van der Waals surface area contributed by atoms with Gasteiger partial charge in [-0.2, -0.15) is 18.3 Å². The van der Waals surface area contributed by atoms with Gasteiger partial charge in [0.1, 0.15) is 6.04 Å². The van der Waals surface area contributed by atoms with E-state index in [9.17, 15) is 18.0 Å². The Bertz CT molecular complexity index is 756. The molecule has 26 heavy (non-hydrogen) atoms. The zero-order valence-electron chi connectivity index (χ0n) is 14.2. The monoisotopic (exact) mass is 368 g/mol. The summed E-state index contributed by atoms with van der Waals surface area (Å²) in [6.45, 7) is 3.69. The van der Waals surface area contributed by atoms with Crippen LogP contribution >= 0.6 is 0 Å². The molecule has 3 rings (SSSR count). The van der Waals surface area contributed by atoms with Crippen molar-refractivity contribution in [1.82, 2.24) is 9.78 Å². The molecule has 2 heterocycles. The zero-order chi connectivity index (χ0) is 18.7. The molecule has 1 N–H and O–H groups in total. The normalized spacial score (nSPS) is 16.4. The molecular formula is C17H19F3N4O2. The van der Waals surface area contributed by atoms with Crippen LogP contribution in [0.25, 0.3) is 0 Å². The summed E-state index contributed by atoms with van der Waals surface area (Å²) in [5.41, 5.74) is -0.135. The number of carbonyl (C=O) groups excluding carboxylic acids is 1. The average Bonchev–Trinajstić information content (AvgIpc) is 3.15. The van der Waals surface area contributed by atoms with E-state index in [-0.39, 0.29) is 5.69 Å². The molecular weight excluding hydrogens is 349 g/mol. The van der Waals surface area contributed by atoms with Crippen LogP contribution in [-0.4, -0.2) is 42.0 Å². The molecule has 2 aromatic rings. The summed E-state index contributed by atoms with van der Waals surface area (Å²) in [7, 11) is 0. The quantitative estimate of drug-likeness (QED) is 0.902. The van der Waals surface area contributed by atoms with Gasteiger partial charge in [0.25, 0.3) is 0 Å². The van der Waals surface area contributed by atoms with Crippen molar-refractivity contribution in [2.24, 2.45) is 0 Å². The van der Waals surface area contributed by atoms with Crippen LogP contribution in [0.3, 0.4) is 0 Å². The summed E-state index contributed by atoms with van der Waals surface area (Å²) in [6.07, 6.45) is -1.33. The molecule has 0 spiro atoms. The fourth-order valence-corrected chi connectivity index (χ4v) is 2.76. The smallest absolute Gasteiger partial charge is 0.378 e. The van der Waals surface area contributed by atoms with Crippen LogP contribution in [0.15, 0.2) is 36.7 Å². The Morgan fingerprint density at radius 3 is 2.65 bits per heavy atom. The highest BCUT2D eigenvalue weighted by atomic mass is 19.4. The fourth-order valence-electron chi connectivity index (χ4n) is 2.76. The Morgan fingerprint density at radius 2 is 2.04 bits per heavy atom. The number of aromatic nitrogens is 2. The van der Waals surface area contributed by atoms with Crippen molar-refractivity contribution < 1.29 is 22.7 Å². The second kappa shape index (κ2) is 7.36. The van der Waals surface area contributed by atoms with Crippen LogP contribution in [0.2, 0.25) is 0 Å². The van der Waals surface area contributed by atoms with Crippen LogP contribution in [0.5, 0.6) is 0 Å². The van der Waals surface area contributed by atoms with E-state index in [1.54, 1.807) is 19.2 Å². The van der Waals surface area contributed by atoms with Gasteiger partial charge in [0.05, 0.1) is 30.2 Å². The van der Waals surface area contributed by atoms with Crippen molar-refractivity contribution in [3.63, 3.8) is 0 Å². The first-order valence-corrected chi connectivity index (χ1v) is 8.20. The minimum Gasteiger partial charge on any atom is -0.378 e. The number of amides is 1. The van der Waals surface area contributed by atoms with E-state index in [4.69, 9.17) is 4.74 Å². The van der Waals surface area contributed by atoms with Gasteiger partial charge in [-0.3, -0.25) is 9.48 Å². The van der Waals surface area contributed by atoms with Crippen LogP contribution in [0.4, 0.5) is 24.5 Å². The Labute approximate surface area is 148 Å². The van der Waals surface area contributed by atoms with Crippen LogP contribution < -0.4 is 10.2 Å². The summed E-state index contributed by atoms with van der Waals surface area (Å²) in [5.74, 6) is -0.442. The SMILES string of the molecule is CC(C(=O)Nc1cc(C(F)(F)F)ccc1N1CCOCC1)n1cccn1. The number of benzene rings is 1. The summed E-state index contributed by atoms with van der Waals surface area (Å²) in [4.78, 5) is 14.4. The van der Waals surface area contributed by atoms with E-state index in [0.29, 0.717) is 32.0 Å². The molecule has 1 aromatic carbocycles. The number of nitrogens with one attached hydrogen (secondary N) is 1. The maximum Gasteiger partial charge on any atom is 0.416 e. The lowest BCUT2D eigenvalue weighted by Gasteiger charge is -2.31. The highest BCUT2D eigenvalue weighted by molar-refractivity contribution is 5.96.